The minimum Gasteiger partial charge on any atom is -0.323 e. The summed E-state index contributed by atoms with van der Waals surface area (Å²) in [5.41, 5.74) is 2.90. The van der Waals surface area contributed by atoms with Crippen LogP contribution >= 0.6 is 23.1 Å². The third-order valence-electron chi connectivity index (χ3n) is 5.65. The number of anilines is 1. The van der Waals surface area contributed by atoms with Gasteiger partial charge in [0.05, 0.1) is 11.4 Å². The number of amides is 1. The van der Waals surface area contributed by atoms with Crippen molar-refractivity contribution < 1.29 is 9.36 Å². The largest absolute Gasteiger partial charge is 0.323 e. The van der Waals surface area contributed by atoms with Crippen molar-refractivity contribution in [3.63, 3.8) is 0 Å². The molecule has 0 bridgehead atoms. The molecule has 33 heavy (non-hydrogen) atoms. The third kappa shape index (κ3) is 3.99. The predicted octanol–water partition coefficient (Wildman–Crippen LogP) is 5.58. The lowest BCUT2D eigenvalue weighted by molar-refractivity contribution is -0.115. The van der Waals surface area contributed by atoms with Crippen LogP contribution in [0, 0.1) is 0 Å². The number of benzene rings is 4. The smallest absolute Gasteiger partial charge is 0.257 e. The van der Waals surface area contributed by atoms with Gasteiger partial charge in [0.2, 0.25) is 0 Å². The maximum atomic E-state index is 15.0. The van der Waals surface area contributed by atoms with E-state index in [1.165, 1.54) is 0 Å². The summed E-state index contributed by atoms with van der Waals surface area (Å²) < 4.78 is 15.8. The second-order valence-corrected chi connectivity index (χ2v) is 11.5. The number of halogens is 1. The van der Waals surface area contributed by atoms with E-state index in [9.17, 15) is 9.36 Å². The van der Waals surface area contributed by atoms with E-state index in [-0.39, 0.29) is 5.91 Å². The average molecular weight is 515 g/mol. The number of benzodiazepines with no additional fused rings is 1. The summed E-state index contributed by atoms with van der Waals surface area (Å²) in [4.78, 5) is 18.6. The van der Waals surface area contributed by atoms with E-state index in [1.807, 2.05) is 109 Å². The zero-order chi connectivity index (χ0) is 22.8. The van der Waals surface area contributed by atoms with Crippen LogP contribution in [-0.2, 0) is 9.36 Å². The Hall–Kier alpha value is -3.27. The molecule has 1 N–H and O–H groups in total. The van der Waals surface area contributed by atoms with Crippen LogP contribution in [-0.4, -0.2) is 17.4 Å². The summed E-state index contributed by atoms with van der Waals surface area (Å²) in [7, 11) is -3.49. The molecule has 1 heterocycles. The van der Waals surface area contributed by atoms with Gasteiger partial charge >= 0.3 is 0 Å². The van der Waals surface area contributed by atoms with Crippen LogP contribution in [0.3, 0.4) is 0 Å². The van der Waals surface area contributed by atoms with Gasteiger partial charge < -0.3 is 9.88 Å². The van der Waals surface area contributed by atoms with Gasteiger partial charge in [0, 0.05) is 26.2 Å². The van der Waals surface area contributed by atoms with Gasteiger partial charge in [0.15, 0.2) is 12.9 Å². The fourth-order valence-electron chi connectivity index (χ4n) is 4.07. The van der Waals surface area contributed by atoms with Crippen molar-refractivity contribution in [1.29, 1.82) is 0 Å². The topological polar surface area (TPSA) is 58.5 Å². The first-order valence-corrected chi connectivity index (χ1v) is 13.1. The summed E-state index contributed by atoms with van der Waals surface area (Å²) in [6, 6.07) is 33.7. The molecule has 0 aliphatic carbocycles. The van der Waals surface area contributed by atoms with Gasteiger partial charge in [-0.15, -0.1) is 0 Å². The number of nitrogens with zero attached hydrogens (tertiary/aromatic N) is 1. The van der Waals surface area contributed by atoms with Gasteiger partial charge in [-0.3, -0.25) is 9.79 Å². The van der Waals surface area contributed by atoms with E-state index >= 15 is 0 Å². The molecule has 4 aromatic rings. The molecule has 4 aromatic carbocycles. The minimum absolute atomic E-state index is 0.388. The summed E-state index contributed by atoms with van der Waals surface area (Å²) in [6.45, 7) is 0. The molecule has 4 nitrogen and oxygen atoms in total. The van der Waals surface area contributed by atoms with Gasteiger partial charge in [-0.25, -0.2) is 0 Å². The maximum absolute atomic E-state index is 15.0. The highest BCUT2D eigenvalue weighted by molar-refractivity contribution is 9.10. The monoisotopic (exact) mass is 514 g/mol. The molecule has 1 unspecified atom stereocenters. The Labute approximate surface area is 200 Å². The molecular formula is C27H20BrN2O2P. The zero-order valence-corrected chi connectivity index (χ0v) is 20.0. The Morgan fingerprint density at radius 1 is 0.758 bits per heavy atom. The molecule has 6 heteroatoms. The van der Waals surface area contributed by atoms with E-state index in [0.717, 1.165) is 15.6 Å². The van der Waals surface area contributed by atoms with Crippen molar-refractivity contribution in [1.82, 2.24) is 0 Å². The van der Waals surface area contributed by atoms with Crippen LogP contribution < -0.4 is 15.9 Å². The Morgan fingerprint density at radius 2 is 1.30 bits per heavy atom. The summed E-state index contributed by atoms with van der Waals surface area (Å²) in [5, 5.41) is 4.19. The molecule has 1 amide bonds. The molecule has 5 rings (SSSR count). The van der Waals surface area contributed by atoms with Crippen LogP contribution in [0.15, 0.2) is 119 Å². The summed E-state index contributed by atoms with van der Waals surface area (Å²) in [5.74, 6) is -1.51. The summed E-state index contributed by atoms with van der Waals surface area (Å²) in [6.07, 6.45) is 0. The van der Waals surface area contributed by atoms with Crippen molar-refractivity contribution in [3.8, 4) is 0 Å². The van der Waals surface area contributed by atoms with Crippen LogP contribution in [0.1, 0.15) is 11.1 Å². The quantitative estimate of drug-likeness (QED) is 0.361. The Bertz CT molecular complexity index is 1350. The fourth-order valence-corrected chi connectivity index (χ4v) is 7.20. The molecule has 0 saturated heterocycles. The average Bonchev–Trinajstić information content (AvgIpc) is 3.01. The van der Waals surface area contributed by atoms with Crippen molar-refractivity contribution in [3.05, 3.63) is 125 Å². The van der Waals surface area contributed by atoms with Crippen LogP contribution in [0.2, 0.25) is 0 Å². The number of aliphatic imine (C=N–C) groups is 1. The van der Waals surface area contributed by atoms with Crippen molar-refractivity contribution >= 4 is 51.0 Å². The molecule has 0 radical (unpaired) electrons. The number of hydrogen-bond donors (Lipinski definition) is 1. The van der Waals surface area contributed by atoms with E-state index in [0.29, 0.717) is 22.0 Å². The SMILES string of the molecule is O=C1Nc2ccc(Br)cc2C(c2ccccc2)=NC1P(=O)(c1ccccc1)c1ccccc1. The van der Waals surface area contributed by atoms with Gasteiger partial charge in [-0.1, -0.05) is 107 Å². The molecule has 1 aliphatic rings. The third-order valence-corrected chi connectivity index (χ3v) is 9.31. The second-order valence-electron chi connectivity index (χ2n) is 7.73. The van der Waals surface area contributed by atoms with E-state index in [1.54, 1.807) is 0 Å². The first-order chi connectivity index (χ1) is 16.1. The first kappa shape index (κ1) is 21.6. The molecule has 0 aromatic heterocycles. The highest BCUT2D eigenvalue weighted by Gasteiger charge is 2.43. The van der Waals surface area contributed by atoms with E-state index in [2.05, 4.69) is 21.2 Å². The van der Waals surface area contributed by atoms with Gasteiger partial charge in [-0.05, 0) is 18.2 Å². The molecular weight excluding hydrogens is 495 g/mol. The lowest BCUT2D eigenvalue weighted by Crippen LogP contribution is -2.34. The van der Waals surface area contributed by atoms with E-state index < -0.39 is 12.9 Å². The maximum Gasteiger partial charge on any atom is 0.257 e. The number of fused-ring (bicyclic) bond motifs is 1. The fraction of sp³-hybridized carbons (Fsp3) is 0.0370. The van der Waals surface area contributed by atoms with Crippen LogP contribution in [0.25, 0.3) is 0 Å². The number of rotatable bonds is 4. The molecule has 0 spiro atoms. The highest BCUT2D eigenvalue weighted by Crippen LogP contribution is 2.50. The van der Waals surface area contributed by atoms with Gasteiger partial charge in [-0.2, -0.15) is 0 Å². The number of nitrogens with one attached hydrogen (secondary N) is 1. The van der Waals surface area contributed by atoms with Crippen molar-refractivity contribution in [2.45, 2.75) is 5.78 Å². The van der Waals surface area contributed by atoms with Crippen LogP contribution in [0.4, 0.5) is 5.69 Å². The molecule has 0 saturated carbocycles. The molecule has 1 atom stereocenters. The van der Waals surface area contributed by atoms with Crippen molar-refractivity contribution in [2.75, 3.05) is 5.32 Å². The standard InChI is InChI=1S/C27H20BrN2O2P/c28-20-16-17-24-23(18-20)25(19-10-4-1-5-11-19)30-27(26(31)29-24)33(32,21-12-6-2-7-13-21)22-14-8-3-9-15-22/h1-18,27H,(H,29,31). The lowest BCUT2D eigenvalue weighted by atomic mass is 10.0. The Balaban J connectivity index is 1.80. The first-order valence-electron chi connectivity index (χ1n) is 10.5. The Morgan fingerprint density at radius 3 is 1.88 bits per heavy atom. The zero-order valence-electron chi connectivity index (χ0n) is 17.6. The lowest BCUT2D eigenvalue weighted by Gasteiger charge is -2.25. The van der Waals surface area contributed by atoms with Gasteiger partial charge in [0.1, 0.15) is 0 Å². The minimum atomic E-state index is -3.49. The number of carbonyl (C=O) groups is 1. The summed E-state index contributed by atoms with van der Waals surface area (Å²) >= 11 is 3.54. The number of hydrogen-bond acceptors (Lipinski definition) is 3. The highest BCUT2D eigenvalue weighted by atomic mass is 79.9. The number of carbonyl (C=O) groups excluding carboxylic acids is 1. The molecule has 1 aliphatic heterocycles. The molecule has 162 valence electrons. The van der Waals surface area contributed by atoms with E-state index in [4.69, 9.17) is 4.99 Å². The predicted molar refractivity (Wildman–Crippen MR) is 138 cm³/mol. The molecule has 0 fully saturated rings. The normalized spacial score (nSPS) is 15.7. The van der Waals surface area contributed by atoms with Crippen LogP contribution in [0.5, 0.6) is 0 Å². The second kappa shape index (κ2) is 8.93. The van der Waals surface area contributed by atoms with Gasteiger partial charge in [0.25, 0.3) is 5.91 Å². The van der Waals surface area contributed by atoms with Crippen molar-refractivity contribution in [2.24, 2.45) is 4.99 Å². The Kier molecular flexibility index (Phi) is 5.84.